The van der Waals surface area contributed by atoms with Gasteiger partial charge in [0.05, 0.1) is 21.5 Å². The third-order valence-electron chi connectivity index (χ3n) is 12.3. The smallest absolute Gasteiger partial charge is 0.145 e. The highest BCUT2D eigenvalue weighted by Crippen LogP contribution is 2.50. The van der Waals surface area contributed by atoms with Crippen molar-refractivity contribution in [2.75, 3.05) is 4.90 Å². The van der Waals surface area contributed by atoms with Gasteiger partial charge in [-0.1, -0.05) is 188 Å². The Morgan fingerprint density at radius 2 is 0.857 bits per heavy atom. The minimum atomic E-state index is 0.859. The van der Waals surface area contributed by atoms with E-state index in [0.29, 0.717) is 0 Å². The summed E-state index contributed by atoms with van der Waals surface area (Å²) in [6.07, 6.45) is 0. The molecule has 63 heavy (non-hydrogen) atoms. The third kappa shape index (κ3) is 6.50. The number of fused-ring (bicyclic) bond motifs is 6. The first kappa shape index (κ1) is 36.8. The summed E-state index contributed by atoms with van der Waals surface area (Å²) < 4.78 is 9.56. The number of hydrogen-bond acceptors (Lipinski definition) is 3. The number of anilines is 3. The van der Waals surface area contributed by atoms with E-state index in [2.05, 4.69) is 241 Å². The minimum Gasteiger partial charge on any atom is -0.455 e. The molecule has 0 aliphatic rings. The Kier molecular flexibility index (Phi) is 9.06. The van der Waals surface area contributed by atoms with Gasteiger partial charge in [0.25, 0.3) is 0 Å². The van der Waals surface area contributed by atoms with Crippen LogP contribution in [0.2, 0.25) is 0 Å². The van der Waals surface area contributed by atoms with Crippen LogP contribution < -0.4 is 4.90 Å². The summed E-state index contributed by atoms with van der Waals surface area (Å²) in [5, 5.41) is 4.66. The molecule has 0 fully saturated rings. The predicted molar refractivity (Wildman–Crippen MR) is 268 cm³/mol. The first-order valence-electron chi connectivity index (χ1n) is 21.4. The number of hydrogen-bond donors (Lipinski definition) is 0. The van der Waals surface area contributed by atoms with Gasteiger partial charge in [-0.3, -0.25) is 0 Å². The first-order valence-corrected chi connectivity index (χ1v) is 22.2. The SMILES string of the molecule is c1ccc(-c2ccc3c(c2)oc2c(-c4ccccc4)ccc(N(c4ccc(-c5ccccc5-c5ccccc5)cc4)c4cccc5c4sc4cc(-c6ccccc6)ccc45)c23)cc1. The second kappa shape index (κ2) is 15.5. The quantitative estimate of drug-likeness (QED) is 0.152. The monoisotopic (exact) mass is 821 g/mol. The largest absolute Gasteiger partial charge is 0.455 e. The van der Waals surface area contributed by atoms with Crippen molar-refractivity contribution in [2.24, 2.45) is 0 Å². The van der Waals surface area contributed by atoms with Crippen molar-refractivity contribution < 1.29 is 4.42 Å². The molecule has 12 aromatic rings. The Hall–Kier alpha value is -7.98. The normalized spacial score (nSPS) is 11.5. The van der Waals surface area contributed by atoms with E-state index in [1.54, 1.807) is 0 Å². The molecule has 2 aromatic heterocycles. The van der Waals surface area contributed by atoms with E-state index in [4.69, 9.17) is 4.42 Å². The second-order valence-electron chi connectivity index (χ2n) is 16.0. The van der Waals surface area contributed by atoms with Crippen molar-refractivity contribution >= 4 is 70.5 Å². The number of thiophene rings is 1. The van der Waals surface area contributed by atoms with Gasteiger partial charge >= 0.3 is 0 Å². The molecule has 0 saturated carbocycles. The molecule has 2 nitrogen and oxygen atoms in total. The van der Waals surface area contributed by atoms with Crippen LogP contribution in [-0.4, -0.2) is 0 Å². The maximum Gasteiger partial charge on any atom is 0.145 e. The van der Waals surface area contributed by atoms with E-state index in [-0.39, 0.29) is 0 Å². The van der Waals surface area contributed by atoms with E-state index in [0.717, 1.165) is 61.3 Å². The van der Waals surface area contributed by atoms with Crippen molar-refractivity contribution in [3.8, 4) is 55.6 Å². The maximum atomic E-state index is 7.06. The summed E-state index contributed by atoms with van der Waals surface area (Å²) >= 11 is 1.86. The molecule has 3 heteroatoms. The molecule has 0 amide bonds. The Labute approximate surface area is 370 Å². The zero-order valence-corrected chi connectivity index (χ0v) is 35.1. The van der Waals surface area contributed by atoms with Gasteiger partial charge in [0.15, 0.2) is 0 Å². The summed E-state index contributed by atoms with van der Waals surface area (Å²) in [7, 11) is 0. The van der Waals surface area contributed by atoms with Crippen LogP contribution in [-0.2, 0) is 0 Å². The van der Waals surface area contributed by atoms with Gasteiger partial charge in [-0.15, -0.1) is 11.3 Å². The Bertz CT molecular complexity index is 3590. The molecule has 0 saturated heterocycles. The van der Waals surface area contributed by atoms with Crippen molar-refractivity contribution in [2.45, 2.75) is 0 Å². The lowest BCUT2D eigenvalue weighted by Gasteiger charge is -2.27. The summed E-state index contributed by atoms with van der Waals surface area (Å²) in [6.45, 7) is 0. The fourth-order valence-corrected chi connectivity index (χ4v) is 10.5. The maximum absolute atomic E-state index is 7.06. The predicted octanol–water partition coefficient (Wildman–Crippen LogP) is 17.8. The minimum absolute atomic E-state index is 0.859. The summed E-state index contributed by atoms with van der Waals surface area (Å²) in [6, 6.07) is 85.1. The molecule has 0 N–H and O–H groups in total. The van der Waals surface area contributed by atoms with Crippen LogP contribution in [0.3, 0.4) is 0 Å². The van der Waals surface area contributed by atoms with Gasteiger partial charge in [-0.05, 0) is 98.6 Å². The van der Waals surface area contributed by atoms with Crippen LogP contribution in [0.1, 0.15) is 0 Å². The standard InChI is InChI=1S/C60H39NOS/c1-5-16-40(17-6-1)45-31-35-53-56(38-45)62-59-50(43-22-11-4-12-23-43)36-37-54(58(53)59)61(47-32-28-44(29-33-47)49-25-14-13-24-48(49)42-20-9-3-10-21-42)55-27-15-26-52-51-34-30-46(39-57(51)63-60(52)55)41-18-7-2-8-19-41/h1-39H. The molecule has 0 unspecified atom stereocenters. The lowest BCUT2D eigenvalue weighted by molar-refractivity contribution is 0.670. The topological polar surface area (TPSA) is 16.4 Å². The molecule has 296 valence electrons. The molecular formula is C60H39NOS. The zero-order chi connectivity index (χ0) is 41.7. The van der Waals surface area contributed by atoms with Crippen LogP contribution in [0.25, 0.3) is 97.7 Å². The van der Waals surface area contributed by atoms with Gasteiger partial charge < -0.3 is 9.32 Å². The van der Waals surface area contributed by atoms with Gasteiger partial charge in [0.1, 0.15) is 11.2 Å². The number of rotatable bonds is 8. The van der Waals surface area contributed by atoms with Crippen molar-refractivity contribution in [3.05, 3.63) is 237 Å². The number of furan rings is 1. The van der Waals surface area contributed by atoms with Gasteiger partial charge in [-0.25, -0.2) is 0 Å². The molecule has 0 aliphatic carbocycles. The third-order valence-corrected chi connectivity index (χ3v) is 13.5. The van der Waals surface area contributed by atoms with Crippen molar-refractivity contribution in [1.29, 1.82) is 0 Å². The molecule has 0 atom stereocenters. The van der Waals surface area contributed by atoms with E-state index in [1.165, 1.54) is 53.6 Å². The van der Waals surface area contributed by atoms with Crippen LogP contribution in [0.5, 0.6) is 0 Å². The zero-order valence-electron chi connectivity index (χ0n) is 34.3. The summed E-state index contributed by atoms with van der Waals surface area (Å²) in [5.41, 5.74) is 16.7. The van der Waals surface area contributed by atoms with Crippen LogP contribution >= 0.6 is 11.3 Å². The second-order valence-corrected chi connectivity index (χ2v) is 17.1. The van der Waals surface area contributed by atoms with Crippen LogP contribution in [0.15, 0.2) is 241 Å². The lowest BCUT2D eigenvalue weighted by Crippen LogP contribution is -2.10. The van der Waals surface area contributed by atoms with Crippen molar-refractivity contribution in [1.82, 2.24) is 0 Å². The highest BCUT2D eigenvalue weighted by Gasteiger charge is 2.25. The summed E-state index contributed by atoms with van der Waals surface area (Å²) in [5.74, 6) is 0. The Morgan fingerprint density at radius 1 is 0.333 bits per heavy atom. The first-order chi connectivity index (χ1) is 31.2. The van der Waals surface area contributed by atoms with E-state index in [9.17, 15) is 0 Å². The van der Waals surface area contributed by atoms with Crippen LogP contribution in [0, 0.1) is 0 Å². The van der Waals surface area contributed by atoms with Crippen LogP contribution in [0.4, 0.5) is 17.1 Å². The molecule has 10 aromatic carbocycles. The fraction of sp³-hybridized carbons (Fsp3) is 0. The van der Waals surface area contributed by atoms with Gasteiger partial charge in [0, 0.05) is 32.1 Å². The average molecular weight is 822 g/mol. The Morgan fingerprint density at radius 3 is 1.49 bits per heavy atom. The molecule has 0 aliphatic heterocycles. The molecule has 12 rings (SSSR count). The van der Waals surface area contributed by atoms with E-state index in [1.807, 2.05) is 11.3 Å². The molecule has 0 spiro atoms. The molecular weight excluding hydrogens is 783 g/mol. The Balaban J connectivity index is 1.10. The highest BCUT2D eigenvalue weighted by molar-refractivity contribution is 7.26. The van der Waals surface area contributed by atoms with Gasteiger partial charge in [0.2, 0.25) is 0 Å². The summed E-state index contributed by atoms with van der Waals surface area (Å²) in [4.78, 5) is 2.46. The molecule has 0 bridgehead atoms. The number of nitrogens with zero attached hydrogens (tertiary/aromatic N) is 1. The van der Waals surface area contributed by atoms with Gasteiger partial charge in [-0.2, -0.15) is 0 Å². The lowest BCUT2D eigenvalue weighted by atomic mass is 9.94. The number of benzene rings is 10. The molecule has 2 heterocycles. The fourth-order valence-electron chi connectivity index (χ4n) is 9.28. The van der Waals surface area contributed by atoms with E-state index >= 15 is 0 Å². The van der Waals surface area contributed by atoms with Crippen molar-refractivity contribution in [3.63, 3.8) is 0 Å². The van der Waals surface area contributed by atoms with E-state index < -0.39 is 0 Å². The highest BCUT2D eigenvalue weighted by atomic mass is 32.1. The molecule has 0 radical (unpaired) electrons. The average Bonchev–Trinajstić information content (AvgIpc) is 3.94.